The van der Waals surface area contributed by atoms with Gasteiger partial charge in [-0.1, -0.05) is 91.9 Å². The van der Waals surface area contributed by atoms with Gasteiger partial charge in [0.2, 0.25) is 0 Å². The van der Waals surface area contributed by atoms with Crippen LogP contribution in [0.15, 0.2) is 84.9 Å². The average Bonchev–Trinajstić information content (AvgIpc) is 3.01. The van der Waals surface area contributed by atoms with Gasteiger partial charge in [-0.05, 0) is 51.5 Å². The van der Waals surface area contributed by atoms with Crippen molar-refractivity contribution < 1.29 is 0 Å². The highest BCUT2D eigenvalue weighted by molar-refractivity contribution is 6.02. The van der Waals surface area contributed by atoms with E-state index in [4.69, 9.17) is 0 Å². The summed E-state index contributed by atoms with van der Waals surface area (Å²) >= 11 is 0. The van der Waals surface area contributed by atoms with E-state index >= 15 is 0 Å². The van der Waals surface area contributed by atoms with Crippen LogP contribution >= 0.6 is 0 Å². The molecule has 3 aromatic carbocycles. The molecule has 0 aromatic heterocycles. The Morgan fingerprint density at radius 1 is 0.667 bits per heavy atom. The third-order valence-corrected chi connectivity index (χ3v) is 4.65. The van der Waals surface area contributed by atoms with Crippen LogP contribution in [0.4, 0.5) is 0 Å². The molecule has 116 valence electrons. The predicted octanol–water partition coefficient (Wildman–Crippen LogP) is 6.70. The lowest BCUT2D eigenvalue weighted by atomic mass is 9.96. The molecular weight excluding hydrogens is 288 g/mol. The fraction of sp³-hybridized carbons (Fsp3) is 0.0833. The van der Waals surface area contributed by atoms with E-state index in [1.807, 2.05) is 0 Å². The van der Waals surface area contributed by atoms with Crippen LogP contribution in [-0.4, -0.2) is 0 Å². The van der Waals surface area contributed by atoms with Gasteiger partial charge in [-0.15, -0.1) is 0 Å². The summed E-state index contributed by atoms with van der Waals surface area (Å²) in [7, 11) is 0. The van der Waals surface area contributed by atoms with Crippen molar-refractivity contribution in [1.29, 1.82) is 0 Å². The van der Waals surface area contributed by atoms with Crippen LogP contribution in [0.25, 0.3) is 28.3 Å². The van der Waals surface area contributed by atoms with Crippen LogP contribution in [0.1, 0.15) is 30.0 Å². The van der Waals surface area contributed by atoms with Crippen LogP contribution in [-0.2, 0) is 0 Å². The first-order valence-corrected chi connectivity index (χ1v) is 8.53. The number of rotatable bonds is 3. The maximum absolute atomic E-state index is 2.34. The zero-order valence-electron chi connectivity index (χ0n) is 13.9. The Morgan fingerprint density at radius 2 is 1.29 bits per heavy atom. The van der Waals surface area contributed by atoms with Crippen LogP contribution in [0.3, 0.4) is 0 Å². The first-order chi connectivity index (χ1) is 11.9. The van der Waals surface area contributed by atoms with Crippen LogP contribution < -0.4 is 0 Å². The Morgan fingerprint density at radius 3 is 2.04 bits per heavy atom. The Bertz CT molecular complexity index is 927. The lowest BCUT2D eigenvalue weighted by Gasteiger charge is -2.08. The molecule has 0 saturated heterocycles. The summed E-state index contributed by atoms with van der Waals surface area (Å²) in [5.41, 5.74) is 9.26. The molecular formula is C24H20. The fourth-order valence-corrected chi connectivity index (χ4v) is 3.44. The molecule has 0 heteroatoms. The third kappa shape index (κ3) is 2.61. The van der Waals surface area contributed by atoms with E-state index in [9.17, 15) is 0 Å². The van der Waals surface area contributed by atoms with Crippen LogP contribution in [0.2, 0.25) is 0 Å². The largest absolute Gasteiger partial charge is 0.0622 e. The maximum Gasteiger partial charge on any atom is -0.0108 e. The molecule has 0 spiro atoms. The third-order valence-electron chi connectivity index (χ3n) is 4.65. The Balaban J connectivity index is 1.85. The molecule has 0 saturated carbocycles. The van der Waals surface area contributed by atoms with Gasteiger partial charge in [0.25, 0.3) is 0 Å². The van der Waals surface area contributed by atoms with Crippen molar-refractivity contribution in [2.75, 3.05) is 0 Å². The number of hydrogen-bond acceptors (Lipinski definition) is 0. The lowest BCUT2D eigenvalue weighted by Crippen LogP contribution is -1.85. The van der Waals surface area contributed by atoms with E-state index in [0.717, 1.165) is 6.42 Å². The summed E-state index contributed by atoms with van der Waals surface area (Å²) in [6.45, 7) is 2.23. The number of fused-ring (bicyclic) bond motifs is 1. The van der Waals surface area contributed by atoms with Crippen molar-refractivity contribution in [3.8, 4) is 11.1 Å². The smallest absolute Gasteiger partial charge is 0.0108 e. The molecule has 0 heterocycles. The summed E-state index contributed by atoms with van der Waals surface area (Å²) in [4.78, 5) is 0. The standard InChI is InChI=1S/C24H20/c1-2-18-16-21(24-15-9-8-14-23(18)24)17-20-12-6-7-13-22(20)19-10-4-3-5-11-19/h3-17H,2H2,1H3. The van der Waals surface area contributed by atoms with Crippen molar-refractivity contribution in [2.45, 2.75) is 13.3 Å². The number of benzene rings is 3. The monoisotopic (exact) mass is 308 g/mol. The molecule has 0 fully saturated rings. The highest BCUT2D eigenvalue weighted by Gasteiger charge is 2.16. The second kappa shape index (κ2) is 6.33. The first kappa shape index (κ1) is 14.7. The Labute approximate surface area is 143 Å². The van der Waals surface area contributed by atoms with Crippen molar-refractivity contribution in [3.05, 3.63) is 102 Å². The SMILES string of the molecule is CCC1=CC(=Cc2ccccc2-c2ccccc2)c2ccccc21. The van der Waals surface area contributed by atoms with Gasteiger partial charge in [0.15, 0.2) is 0 Å². The topological polar surface area (TPSA) is 0 Å². The summed E-state index contributed by atoms with van der Waals surface area (Å²) in [6.07, 6.45) is 5.73. The van der Waals surface area contributed by atoms with Crippen molar-refractivity contribution in [3.63, 3.8) is 0 Å². The van der Waals surface area contributed by atoms with Gasteiger partial charge in [-0.3, -0.25) is 0 Å². The van der Waals surface area contributed by atoms with Crippen molar-refractivity contribution >= 4 is 17.2 Å². The average molecular weight is 308 g/mol. The molecule has 0 amide bonds. The molecule has 0 radical (unpaired) electrons. The lowest BCUT2D eigenvalue weighted by molar-refractivity contribution is 1.25. The number of hydrogen-bond donors (Lipinski definition) is 0. The molecule has 4 rings (SSSR count). The minimum atomic E-state index is 1.06. The fourth-order valence-electron chi connectivity index (χ4n) is 3.44. The van der Waals surface area contributed by atoms with Crippen molar-refractivity contribution in [2.24, 2.45) is 0 Å². The number of allylic oxidation sites excluding steroid dienone is 3. The summed E-state index contributed by atoms with van der Waals surface area (Å²) in [5, 5.41) is 0. The quantitative estimate of drug-likeness (QED) is 0.505. The van der Waals surface area contributed by atoms with Gasteiger partial charge >= 0.3 is 0 Å². The molecule has 0 N–H and O–H groups in total. The van der Waals surface area contributed by atoms with E-state index in [2.05, 4.69) is 97.9 Å². The molecule has 24 heavy (non-hydrogen) atoms. The minimum Gasteiger partial charge on any atom is -0.0622 e. The summed E-state index contributed by atoms with van der Waals surface area (Å²) in [5.74, 6) is 0. The maximum atomic E-state index is 2.34. The van der Waals surface area contributed by atoms with Crippen LogP contribution in [0, 0.1) is 0 Å². The zero-order chi connectivity index (χ0) is 16.4. The van der Waals surface area contributed by atoms with E-state index in [-0.39, 0.29) is 0 Å². The summed E-state index contributed by atoms with van der Waals surface area (Å²) in [6, 6.07) is 27.9. The molecule has 0 bridgehead atoms. The Kier molecular flexibility index (Phi) is 3.88. The summed E-state index contributed by atoms with van der Waals surface area (Å²) < 4.78 is 0. The zero-order valence-corrected chi connectivity index (χ0v) is 13.9. The van der Waals surface area contributed by atoms with Gasteiger partial charge in [-0.2, -0.15) is 0 Å². The second-order valence-corrected chi connectivity index (χ2v) is 6.12. The molecule has 1 aliphatic rings. The Hall–Kier alpha value is -2.86. The van der Waals surface area contributed by atoms with Crippen molar-refractivity contribution in [1.82, 2.24) is 0 Å². The van der Waals surface area contributed by atoms with E-state index < -0.39 is 0 Å². The molecule has 0 unspecified atom stereocenters. The van der Waals surface area contributed by atoms with E-state index in [1.165, 1.54) is 39.0 Å². The molecule has 0 atom stereocenters. The van der Waals surface area contributed by atoms with E-state index in [1.54, 1.807) is 0 Å². The highest BCUT2D eigenvalue weighted by Crippen LogP contribution is 2.38. The predicted molar refractivity (Wildman–Crippen MR) is 104 cm³/mol. The molecule has 1 aliphatic carbocycles. The first-order valence-electron chi connectivity index (χ1n) is 8.53. The normalized spacial score (nSPS) is 14.5. The molecule has 3 aromatic rings. The molecule has 0 nitrogen and oxygen atoms in total. The van der Waals surface area contributed by atoms with Gasteiger partial charge in [-0.25, -0.2) is 0 Å². The van der Waals surface area contributed by atoms with Gasteiger partial charge < -0.3 is 0 Å². The minimum absolute atomic E-state index is 1.06. The van der Waals surface area contributed by atoms with Gasteiger partial charge in [0, 0.05) is 0 Å². The molecule has 0 aliphatic heterocycles. The van der Waals surface area contributed by atoms with Crippen LogP contribution in [0.5, 0.6) is 0 Å². The van der Waals surface area contributed by atoms with E-state index in [0.29, 0.717) is 0 Å². The highest BCUT2D eigenvalue weighted by atomic mass is 14.2. The van der Waals surface area contributed by atoms with Gasteiger partial charge in [0.1, 0.15) is 0 Å². The second-order valence-electron chi connectivity index (χ2n) is 6.12. The van der Waals surface area contributed by atoms with Gasteiger partial charge in [0.05, 0.1) is 0 Å².